The molecule has 0 fully saturated rings. The normalized spacial score (nSPS) is 10.5. The van der Waals surface area contributed by atoms with Gasteiger partial charge >= 0.3 is 5.97 Å². The minimum Gasteiger partial charge on any atom is -0.478 e. The van der Waals surface area contributed by atoms with E-state index >= 15 is 0 Å². The Hall–Kier alpha value is -2.67. The molecule has 0 radical (unpaired) electrons. The first kappa shape index (κ1) is 13.3. The lowest BCUT2D eigenvalue weighted by atomic mass is 10.2. The number of para-hydroxylation sites is 1. The van der Waals surface area contributed by atoms with Crippen LogP contribution in [0, 0.1) is 0 Å². The van der Waals surface area contributed by atoms with Crippen LogP contribution < -0.4 is 0 Å². The fourth-order valence-corrected chi connectivity index (χ4v) is 2.62. The number of benzene rings is 2. The van der Waals surface area contributed by atoms with Gasteiger partial charge in [-0.15, -0.1) is 5.10 Å². The Labute approximate surface area is 124 Å². The number of nitrogens with zero attached hydrogens (tertiary/aromatic N) is 4. The molecule has 21 heavy (non-hydrogen) atoms. The monoisotopic (exact) mass is 298 g/mol. The number of carboxylic acids is 1. The average Bonchev–Trinajstić information content (AvgIpc) is 2.96. The van der Waals surface area contributed by atoms with Gasteiger partial charge in [0.05, 0.1) is 11.3 Å². The fourth-order valence-electron chi connectivity index (χ4n) is 1.77. The highest BCUT2D eigenvalue weighted by Crippen LogP contribution is 2.27. The van der Waals surface area contributed by atoms with E-state index in [1.54, 1.807) is 22.9 Å². The van der Waals surface area contributed by atoms with Crippen molar-refractivity contribution in [2.45, 2.75) is 10.1 Å². The molecular weight excluding hydrogens is 288 g/mol. The molecule has 0 amide bonds. The van der Waals surface area contributed by atoms with Crippen molar-refractivity contribution >= 4 is 17.7 Å². The second kappa shape index (κ2) is 5.76. The molecule has 0 aliphatic rings. The summed E-state index contributed by atoms with van der Waals surface area (Å²) in [5, 5.41) is 21.2. The van der Waals surface area contributed by atoms with Crippen molar-refractivity contribution < 1.29 is 9.90 Å². The minimum atomic E-state index is -0.958. The highest BCUT2D eigenvalue weighted by Gasteiger charge is 2.11. The number of carboxylic acid groups (broad SMARTS) is 1. The molecule has 104 valence electrons. The molecule has 3 aromatic rings. The third-order valence-corrected chi connectivity index (χ3v) is 3.66. The Morgan fingerprint density at radius 2 is 1.90 bits per heavy atom. The number of rotatable bonds is 4. The van der Waals surface area contributed by atoms with Gasteiger partial charge in [-0.1, -0.05) is 24.3 Å². The molecule has 7 heteroatoms. The van der Waals surface area contributed by atoms with Gasteiger partial charge in [-0.25, -0.2) is 4.79 Å². The van der Waals surface area contributed by atoms with Gasteiger partial charge in [-0.3, -0.25) is 0 Å². The van der Waals surface area contributed by atoms with Gasteiger partial charge in [0.1, 0.15) is 0 Å². The molecule has 1 N–H and O–H groups in total. The molecule has 2 aromatic carbocycles. The van der Waals surface area contributed by atoms with E-state index in [2.05, 4.69) is 15.5 Å². The van der Waals surface area contributed by atoms with Crippen LogP contribution in [-0.4, -0.2) is 31.3 Å². The van der Waals surface area contributed by atoms with Gasteiger partial charge < -0.3 is 5.11 Å². The van der Waals surface area contributed by atoms with Gasteiger partial charge in [-0.05, 0) is 52.5 Å². The van der Waals surface area contributed by atoms with E-state index in [-0.39, 0.29) is 5.56 Å². The van der Waals surface area contributed by atoms with Crippen molar-refractivity contribution in [3.8, 4) is 5.69 Å². The SMILES string of the molecule is O=C(O)c1cccc(Sc2nnnn2-c2ccccc2)c1. The van der Waals surface area contributed by atoms with Crippen molar-refractivity contribution in [2.75, 3.05) is 0 Å². The van der Waals surface area contributed by atoms with Gasteiger partial charge in [-0.2, -0.15) is 4.68 Å². The number of hydrogen-bond donors (Lipinski definition) is 1. The van der Waals surface area contributed by atoms with Crippen LogP contribution >= 0.6 is 11.8 Å². The summed E-state index contributed by atoms with van der Waals surface area (Å²) < 4.78 is 1.61. The summed E-state index contributed by atoms with van der Waals surface area (Å²) in [6.45, 7) is 0. The van der Waals surface area contributed by atoms with Crippen LogP contribution in [0.3, 0.4) is 0 Å². The van der Waals surface area contributed by atoms with Crippen molar-refractivity contribution in [3.63, 3.8) is 0 Å². The Balaban J connectivity index is 1.92. The van der Waals surface area contributed by atoms with Crippen LogP contribution in [-0.2, 0) is 0 Å². The predicted molar refractivity (Wildman–Crippen MR) is 76.7 cm³/mol. The maximum atomic E-state index is 11.0. The second-order valence-electron chi connectivity index (χ2n) is 4.14. The highest BCUT2D eigenvalue weighted by molar-refractivity contribution is 7.99. The van der Waals surface area contributed by atoms with Crippen LogP contribution in [0.25, 0.3) is 5.69 Å². The van der Waals surface area contributed by atoms with Crippen LogP contribution in [0.1, 0.15) is 10.4 Å². The lowest BCUT2D eigenvalue weighted by Gasteiger charge is -2.04. The van der Waals surface area contributed by atoms with E-state index in [9.17, 15) is 4.79 Å². The lowest BCUT2D eigenvalue weighted by Crippen LogP contribution is -1.99. The van der Waals surface area contributed by atoms with Crippen molar-refractivity contribution in [1.29, 1.82) is 0 Å². The summed E-state index contributed by atoms with van der Waals surface area (Å²) in [7, 11) is 0. The molecule has 0 atom stereocenters. The molecule has 0 unspecified atom stereocenters. The summed E-state index contributed by atoms with van der Waals surface area (Å²) >= 11 is 1.31. The molecule has 3 rings (SSSR count). The van der Waals surface area contributed by atoms with Crippen molar-refractivity contribution in [1.82, 2.24) is 20.2 Å². The Kier molecular flexibility index (Phi) is 3.65. The van der Waals surface area contributed by atoms with E-state index < -0.39 is 5.97 Å². The van der Waals surface area contributed by atoms with Crippen LogP contribution in [0.15, 0.2) is 64.6 Å². The Morgan fingerprint density at radius 1 is 1.10 bits per heavy atom. The smallest absolute Gasteiger partial charge is 0.335 e. The van der Waals surface area contributed by atoms with E-state index in [1.165, 1.54) is 11.8 Å². The zero-order valence-electron chi connectivity index (χ0n) is 10.7. The van der Waals surface area contributed by atoms with E-state index in [0.717, 1.165) is 10.6 Å². The van der Waals surface area contributed by atoms with Crippen LogP contribution in [0.4, 0.5) is 0 Å². The first-order valence-electron chi connectivity index (χ1n) is 6.09. The zero-order valence-corrected chi connectivity index (χ0v) is 11.6. The first-order chi connectivity index (χ1) is 10.2. The van der Waals surface area contributed by atoms with Crippen molar-refractivity contribution in [2.24, 2.45) is 0 Å². The molecule has 0 saturated carbocycles. The number of hydrogen-bond acceptors (Lipinski definition) is 5. The number of tetrazole rings is 1. The maximum absolute atomic E-state index is 11.0. The molecule has 0 bridgehead atoms. The standard InChI is InChI=1S/C14H10N4O2S/c19-13(20)10-5-4-8-12(9-10)21-14-15-16-17-18(14)11-6-2-1-3-7-11/h1-9H,(H,19,20). The largest absolute Gasteiger partial charge is 0.478 e. The fraction of sp³-hybridized carbons (Fsp3) is 0. The van der Waals surface area contributed by atoms with E-state index in [1.807, 2.05) is 36.4 Å². The quantitative estimate of drug-likeness (QED) is 0.797. The summed E-state index contributed by atoms with van der Waals surface area (Å²) in [6, 6.07) is 16.2. The zero-order chi connectivity index (χ0) is 14.7. The van der Waals surface area contributed by atoms with E-state index in [4.69, 9.17) is 5.11 Å². The average molecular weight is 298 g/mol. The molecule has 1 aromatic heterocycles. The number of aromatic carboxylic acids is 1. The second-order valence-corrected chi connectivity index (χ2v) is 5.18. The van der Waals surface area contributed by atoms with E-state index in [0.29, 0.717) is 5.16 Å². The van der Waals surface area contributed by atoms with Gasteiger partial charge in [0.25, 0.3) is 0 Å². The molecule has 0 aliphatic carbocycles. The van der Waals surface area contributed by atoms with Gasteiger partial charge in [0.2, 0.25) is 5.16 Å². The summed E-state index contributed by atoms with van der Waals surface area (Å²) in [4.78, 5) is 11.8. The third-order valence-electron chi connectivity index (χ3n) is 2.73. The molecule has 1 heterocycles. The van der Waals surface area contributed by atoms with Crippen LogP contribution in [0.5, 0.6) is 0 Å². The Bertz CT molecular complexity index is 773. The van der Waals surface area contributed by atoms with Crippen molar-refractivity contribution in [3.05, 3.63) is 60.2 Å². The number of aromatic nitrogens is 4. The Morgan fingerprint density at radius 3 is 2.67 bits per heavy atom. The topological polar surface area (TPSA) is 80.9 Å². The lowest BCUT2D eigenvalue weighted by molar-refractivity contribution is 0.0696. The van der Waals surface area contributed by atoms with Gasteiger partial charge in [0, 0.05) is 4.90 Å². The molecular formula is C14H10N4O2S. The maximum Gasteiger partial charge on any atom is 0.335 e. The van der Waals surface area contributed by atoms with Gasteiger partial charge in [0.15, 0.2) is 0 Å². The molecule has 0 aliphatic heterocycles. The van der Waals surface area contributed by atoms with Crippen LogP contribution in [0.2, 0.25) is 0 Å². The molecule has 0 spiro atoms. The minimum absolute atomic E-state index is 0.235. The first-order valence-corrected chi connectivity index (χ1v) is 6.91. The summed E-state index contributed by atoms with van der Waals surface area (Å²) in [5.74, 6) is -0.958. The third kappa shape index (κ3) is 2.92. The molecule has 6 nitrogen and oxygen atoms in total. The number of carbonyl (C=O) groups is 1. The summed E-state index contributed by atoms with van der Waals surface area (Å²) in [6.07, 6.45) is 0. The highest BCUT2D eigenvalue weighted by atomic mass is 32.2. The molecule has 0 saturated heterocycles. The predicted octanol–water partition coefficient (Wildman–Crippen LogP) is 2.51. The summed E-state index contributed by atoms with van der Waals surface area (Å²) in [5.41, 5.74) is 1.08.